The van der Waals surface area contributed by atoms with Crippen molar-refractivity contribution < 1.29 is 14.3 Å². The topological polar surface area (TPSA) is 38.8 Å². The van der Waals surface area contributed by atoms with Gasteiger partial charge in [0.05, 0.1) is 12.7 Å². The van der Waals surface area contributed by atoms with Gasteiger partial charge in [-0.1, -0.05) is 11.6 Å². The molecule has 0 radical (unpaired) electrons. The van der Waals surface area contributed by atoms with Gasteiger partial charge >= 0.3 is 0 Å². The second-order valence-electron chi connectivity index (χ2n) is 7.35. The number of likely N-dealkylation sites (tertiary alicyclic amines) is 1. The normalized spacial score (nSPS) is 31.4. The van der Waals surface area contributed by atoms with Crippen molar-refractivity contribution in [2.24, 2.45) is 5.41 Å². The van der Waals surface area contributed by atoms with Gasteiger partial charge in [0, 0.05) is 38.1 Å². The Morgan fingerprint density at radius 2 is 2.35 bits per heavy atom. The van der Waals surface area contributed by atoms with E-state index in [1.165, 1.54) is 18.4 Å². The first kappa shape index (κ1) is 17.0. The van der Waals surface area contributed by atoms with Crippen molar-refractivity contribution in [2.45, 2.75) is 64.4 Å². The minimum absolute atomic E-state index is 0.0170. The molecular formula is C19H31NO3. The highest BCUT2D eigenvalue weighted by Crippen LogP contribution is 2.40. The lowest BCUT2D eigenvalue weighted by Gasteiger charge is -2.50. The Kier molecular flexibility index (Phi) is 5.76. The number of hydrogen-bond donors (Lipinski definition) is 0. The standard InChI is InChI=1S/C19H31NO3/c1-2-22-15-19-10-6-12-23-17(19)9-11-20(14-19)18(21)13-16-7-4-3-5-8-16/h7,17H,2-6,8-15H2,1H3/t17-,19+/m0/s1. The highest BCUT2D eigenvalue weighted by atomic mass is 16.5. The summed E-state index contributed by atoms with van der Waals surface area (Å²) in [4.78, 5) is 14.8. The summed E-state index contributed by atoms with van der Waals surface area (Å²) in [5.74, 6) is 0.304. The molecule has 0 saturated carbocycles. The average Bonchev–Trinajstić information content (AvgIpc) is 2.60. The molecule has 1 amide bonds. The number of piperidine rings is 1. The average molecular weight is 321 g/mol. The first-order valence-electron chi connectivity index (χ1n) is 9.38. The SMILES string of the molecule is CCOC[C@]12CCCO[C@H]1CCN(C(=O)CC1=CCCCC1)C2. The number of carbonyl (C=O) groups excluding carboxylic acids is 1. The van der Waals surface area contributed by atoms with Crippen molar-refractivity contribution in [1.29, 1.82) is 0 Å². The Labute approximate surface area is 140 Å². The first-order chi connectivity index (χ1) is 11.2. The molecule has 2 aliphatic heterocycles. The van der Waals surface area contributed by atoms with Gasteiger partial charge in [0.1, 0.15) is 0 Å². The number of allylic oxidation sites excluding steroid dienone is 1. The number of fused-ring (bicyclic) bond motifs is 1. The number of rotatable bonds is 5. The molecular weight excluding hydrogens is 290 g/mol. The lowest BCUT2D eigenvalue weighted by atomic mass is 9.73. The van der Waals surface area contributed by atoms with Crippen LogP contribution in [-0.4, -0.2) is 49.8 Å². The molecule has 23 heavy (non-hydrogen) atoms. The van der Waals surface area contributed by atoms with Crippen LogP contribution in [0.4, 0.5) is 0 Å². The maximum Gasteiger partial charge on any atom is 0.226 e. The Morgan fingerprint density at radius 3 is 3.13 bits per heavy atom. The van der Waals surface area contributed by atoms with Gasteiger partial charge in [0.2, 0.25) is 5.91 Å². The van der Waals surface area contributed by atoms with Gasteiger partial charge in [-0.25, -0.2) is 0 Å². The Hall–Kier alpha value is -0.870. The van der Waals surface area contributed by atoms with E-state index >= 15 is 0 Å². The number of amides is 1. The number of hydrogen-bond acceptors (Lipinski definition) is 3. The second kappa shape index (κ2) is 7.80. The zero-order valence-electron chi connectivity index (χ0n) is 14.5. The van der Waals surface area contributed by atoms with Crippen LogP contribution in [0.2, 0.25) is 0 Å². The van der Waals surface area contributed by atoms with Crippen LogP contribution >= 0.6 is 0 Å². The lowest BCUT2D eigenvalue weighted by molar-refractivity contribution is -0.163. The van der Waals surface area contributed by atoms with Gasteiger partial charge in [0.25, 0.3) is 0 Å². The summed E-state index contributed by atoms with van der Waals surface area (Å²) in [7, 11) is 0. The minimum Gasteiger partial charge on any atom is -0.381 e. The maximum atomic E-state index is 12.8. The summed E-state index contributed by atoms with van der Waals surface area (Å²) < 4.78 is 11.8. The molecule has 0 aromatic heterocycles. The van der Waals surface area contributed by atoms with E-state index in [9.17, 15) is 4.79 Å². The van der Waals surface area contributed by atoms with Crippen LogP contribution in [0.25, 0.3) is 0 Å². The molecule has 2 atom stereocenters. The molecule has 130 valence electrons. The summed E-state index contributed by atoms with van der Waals surface area (Å²) in [6, 6.07) is 0. The minimum atomic E-state index is 0.0170. The Balaban J connectivity index is 1.64. The third-order valence-electron chi connectivity index (χ3n) is 5.70. The van der Waals surface area contributed by atoms with E-state index in [0.717, 1.165) is 65.0 Å². The van der Waals surface area contributed by atoms with E-state index in [4.69, 9.17) is 9.47 Å². The molecule has 2 saturated heterocycles. The van der Waals surface area contributed by atoms with Crippen LogP contribution < -0.4 is 0 Å². The molecule has 2 heterocycles. The summed E-state index contributed by atoms with van der Waals surface area (Å²) in [5.41, 5.74) is 1.37. The van der Waals surface area contributed by atoms with Gasteiger partial charge < -0.3 is 14.4 Å². The smallest absolute Gasteiger partial charge is 0.226 e. The lowest BCUT2D eigenvalue weighted by Crippen LogP contribution is -2.58. The van der Waals surface area contributed by atoms with Crippen LogP contribution in [0.15, 0.2) is 11.6 Å². The first-order valence-corrected chi connectivity index (χ1v) is 9.38. The molecule has 3 aliphatic rings. The molecule has 2 fully saturated rings. The van der Waals surface area contributed by atoms with Crippen LogP contribution in [0.5, 0.6) is 0 Å². The summed E-state index contributed by atoms with van der Waals surface area (Å²) in [5, 5.41) is 0. The fourth-order valence-corrected chi connectivity index (χ4v) is 4.39. The van der Waals surface area contributed by atoms with Gasteiger partial charge in [-0.2, -0.15) is 0 Å². The van der Waals surface area contributed by atoms with Crippen LogP contribution in [0.3, 0.4) is 0 Å². The molecule has 3 rings (SSSR count). The molecule has 1 aliphatic carbocycles. The molecule has 4 heteroatoms. The monoisotopic (exact) mass is 321 g/mol. The van der Waals surface area contributed by atoms with Gasteiger partial charge in [-0.3, -0.25) is 4.79 Å². The predicted octanol–water partition coefficient (Wildman–Crippen LogP) is 3.31. The van der Waals surface area contributed by atoms with E-state index < -0.39 is 0 Å². The predicted molar refractivity (Wildman–Crippen MR) is 90.3 cm³/mol. The fourth-order valence-electron chi connectivity index (χ4n) is 4.39. The molecule has 0 aromatic rings. The summed E-state index contributed by atoms with van der Waals surface area (Å²) in [6.07, 6.45) is 11.1. The third kappa shape index (κ3) is 3.97. The van der Waals surface area contributed by atoms with Crippen molar-refractivity contribution >= 4 is 5.91 Å². The fraction of sp³-hybridized carbons (Fsp3) is 0.842. The van der Waals surface area contributed by atoms with E-state index in [2.05, 4.69) is 11.0 Å². The van der Waals surface area contributed by atoms with Gasteiger partial charge in [-0.15, -0.1) is 0 Å². The zero-order chi connectivity index (χ0) is 16.1. The number of carbonyl (C=O) groups is 1. The Morgan fingerprint density at radius 1 is 1.43 bits per heavy atom. The van der Waals surface area contributed by atoms with Crippen LogP contribution in [0, 0.1) is 5.41 Å². The molecule has 0 unspecified atom stereocenters. The molecule has 0 aromatic carbocycles. The van der Waals surface area contributed by atoms with Gasteiger partial charge in [-0.05, 0) is 51.9 Å². The summed E-state index contributed by atoms with van der Waals surface area (Å²) >= 11 is 0. The molecule has 4 nitrogen and oxygen atoms in total. The number of ether oxygens (including phenoxy) is 2. The summed E-state index contributed by atoms with van der Waals surface area (Å²) in [6.45, 7) is 6.00. The van der Waals surface area contributed by atoms with E-state index in [1.54, 1.807) is 0 Å². The van der Waals surface area contributed by atoms with E-state index in [0.29, 0.717) is 12.3 Å². The Bertz CT molecular complexity index is 448. The van der Waals surface area contributed by atoms with Crippen molar-refractivity contribution in [1.82, 2.24) is 4.90 Å². The van der Waals surface area contributed by atoms with Crippen molar-refractivity contribution in [3.8, 4) is 0 Å². The van der Waals surface area contributed by atoms with Crippen molar-refractivity contribution in [3.05, 3.63) is 11.6 Å². The van der Waals surface area contributed by atoms with Crippen molar-refractivity contribution in [3.63, 3.8) is 0 Å². The second-order valence-corrected chi connectivity index (χ2v) is 7.35. The highest BCUT2D eigenvalue weighted by Gasteiger charge is 2.47. The van der Waals surface area contributed by atoms with Crippen LogP contribution in [0.1, 0.15) is 58.3 Å². The number of nitrogens with zero attached hydrogens (tertiary/aromatic N) is 1. The maximum absolute atomic E-state index is 12.8. The molecule has 0 spiro atoms. The quantitative estimate of drug-likeness (QED) is 0.729. The molecule has 0 bridgehead atoms. The largest absolute Gasteiger partial charge is 0.381 e. The zero-order valence-corrected chi connectivity index (χ0v) is 14.5. The van der Waals surface area contributed by atoms with Crippen LogP contribution in [-0.2, 0) is 14.3 Å². The van der Waals surface area contributed by atoms with Crippen molar-refractivity contribution in [2.75, 3.05) is 32.9 Å². The van der Waals surface area contributed by atoms with E-state index in [1.807, 2.05) is 6.92 Å². The third-order valence-corrected chi connectivity index (χ3v) is 5.70. The van der Waals surface area contributed by atoms with E-state index in [-0.39, 0.29) is 11.5 Å². The molecule has 0 N–H and O–H groups in total. The van der Waals surface area contributed by atoms with Gasteiger partial charge in [0.15, 0.2) is 0 Å². The highest BCUT2D eigenvalue weighted by molar-refractivity contribution is 5.79.